The predicted octanol–water partition coefficient (Wildman–Crippen LogP) is 1.76. The maximum Gasteiger partial charge on any atom is 0.326 e. The van der Waals surface area contributed by atoms with Crippen molar-refractivity contribution in [3.63, 3.8) is 0 Å². The van der Waals surface area contributed by atoms with Crippen LogP contribution in [0.5, 0.6) is 0 Å². The quantitative estimate of drug-likeness (QED) is 0.750. The molecule has 0 aromatic rings. The van der Waals surface area contributed by atoms with Gasteiger partial charge >= 0.3 is 12.0 Å². The number of carboxylic acid groups (broad SMARTS) is 1. The van der Waals surface area contributed by atoms with Crippen molar-refractivity contribution in [2.24, 2.45) is 5.92 Å². The Morgan fingerprint density at radius 1 is 1.26 bits per heavy atom. The summed E-state index contributed by atoms with van der Waals surface area (Å²) >= 11 is 0. The number of aliphatic carboxylic acids is 1. The first-order valence-corrected chi connectivity index (χ1v) is 9.43. The third-order valence-corrected chi connectivity index (χ3v) is 5.89. The van der Waals surface area contributed by atoms with E-state index >= 15 is 0 Å². The minimum Gasteiger partial charge on any atom is -0.480 e. The number of carboxylic acids is 1. The van der Waals surface area contributed by atoms with Crippen LogP contribution in [0.1, 0.15) is 40.5 Å². The monoisotopic (exact) mass is 381 g/mol. The Morgan fingerprint density at radius 2 is 1.81 bits per heavy atom. The molecular weight excluding hydrogens is 350 g/mol. The average molecular weight is 381 g/mol. The van der Waals surface area contributed by atoms with Gasteiger partial charge in [-0.3, -0.25) is 4.79 Å². The Bertz CT molecular complexity index is 612. The van der Waals surface area contributed by atoms with Gasteiger partial charge in [0.25, 0.3) is 0 Å². The van der Waals surface area contributed by atoms with Crippen molar-refractivity contribution < 1.29 is 24.2 Å². The zero-order chi connectivity index (χ0) is 20.5. The van der Waals surface area contributed by atoms with Gasteiger partial charge in [0, 0.05) is 20.1 Å². The lowest BCUT2D eigenvalue weighted by Gasteiger charge is -2.43. The number of piperidine rings is 1. The molecule has 27 heavy (non-hydrogen) atoms. The normalized spacial score (nSPS) is 25.6. The van der Waals surface area contributed by atoms with Crippen LogP contribution in [0.25, 0.3) is 0 Å². The maximum absolute atomic E-state index is 12.8. The molecule has 8 nitrogen and oxygen atoms in total. The molecule has 0 aliphatic carbocycles. The summed E-state index contributed by atoms with van der Waals surface area (Å²) in [4.78, 5) is 41.1. The molecule has 0 bridgehead atoms. The van der Waals surface area contributed by atoms with E-state index in [1.54, 1.807) is 23.6 Å². The molecule has 3 atom stereocenters. The second-order valence-electron chi connectivity index (χ2n) is 7.82. The standard InChI is InChI=1S/C19H31N3O5/c1-7-15(23)22-13(4)19(27-14(22)5)8-10-21(11-9-19)18(26)20(6)16(12(2)3)17(24)25/h7,12-14,16H,1,8-11H2,2-6H3,(H,24,25)/t13-,14+,16+/m1/s1. The lowest BCUT2D eigenvalue weighted by Crippen LogP contribution is -2.57. The number of carbonyl (C=O) groups is 3. The molecule has 3 amide bonds. The van der Waals surface area contributed by atoms with Gasteiger partial charge in [0.2, 0.25) is 5.91 Å². The van der Waals surface area contributed by atoms with E-state index < -0.39 is 17.6 Å². The van der Waals surface area contributed by atoms with Gasteiger partial charge in [-0.2, -0.15) is 0 Å². The highest BCUT2D eigenvalue weighted by atomic mass is 16.5. The highest BCUT2D eigenvalue weighted by Crippen LogP contribution is 2.40. The number of carbonyl (C=O) groups excluding carboxylic acids is 2. The van der Waals surface area contributed by atoms with Crippen LogP contribution in [0.15, 0.2) is 12.7 Å². The maximum atomic E-state index is 12.8. The van der Waals surface area contributed by atoms with Gasteiger partial charge in [0.05, 0.1) is 11.6 Å². The Kier molecular flexibility index (Phi) is 6.19. The number of nitrogens with zero attached hydrogens (tertiary/aromatic N) is 3. The Labute approximate surface area is 160 Å². The Hall–Kier alpha value is -2.09. The molecule has 2 aliphatic heterocycles. The van der Waals surface area contributed by atoms with Crippen LogP contribution in [0.4, 0.5) is 4.79 Å². The molecule has 1 N–H and O–H groups in total. The number of likely N-dealkylation sites (tertiary alicyclic amines) is 1. The van der Waals surface area contributed by atoms with E-state index in [1.807, 2.05) is 13.8 Å². The van der Waals surface area contributed by atoms with Crippen LogP contribution in [-0.2, 0) is 14.3 Å². The van der Waals surface area contributed by atoms with Crippen LogP contribution in [0.2, 0.25) is 0 Å². The number of amides is 3. The van der Waals surface area contributed by atoms with Gasteiger partial charge in [0.15, 0.2) is 0 Å². The van der Waals surface area contributed by atoms with Crippen LogP contribution >= 0.6 is 0 Å². The van der Waals surface area contributed by atoms with Crippen LogP contribution in [0, 0.1) is 5.92 Å². The van der Waals surface area contributed by atoms with Crippen molar-refractivity contribution >= 4 is 17.9 Å². The molecule has 1 spiro atoms. The molecule has 0 aromatic carbocycles. The average Bonchev–Trinajstić information content (AvgIpc) is 2.83. The van der Waals surface area contributed by atoms with Gasteiger partial charge in [-0.25, -0.2) is 9.59 Å². The van der Waals surface area contributed by atoms with E-state index in [0.29, 0.717) is 25.9 Å². The summed E-state index contributed by atoms with van der Waals surface area (Å²) in [5.41, 5.74) is -0.488. The summed E-state index contributed by atoms with van der Waals surface area (Å²) in [6.07, 6.45) is 2.14. The predicted molar refractivity (Wildman–Crippen MR) is 100 cm³/mol. The molecule has 8 heteroatoms. The second kappa shape index (κ2) is 7.88. The third kappa shape index (κ3) is 3.81. The molecule has 0 radical (unpaired) electrons. The molecular formula is C19H31N3O5. The summed E-state index contributed by atoms with van der Waals surface area (Å²) < 4.78 is 6.16. The molecule has 2 rings (SSSR count). The molecule has 152 valence electrons. The van der Waals surface area contributed by atoms with Gasteiger partial charge in [-0.15, -0.1) is 0 Å². The second-order valence-corrected chi connectivity index (χ2v) is 7.82. The molecule has 2 heterocycles. The smallest absolute Gasteiger partial charge is 0.326 e. The minimum absolute atomic E-state index is 0.115. The SMILES string of the molecule is C=CC(=O)N1[C@H](C)OC2(CCN(C(=O)N(C)[C@H](C(=O)O)C(C)C)CC2)[C@H]1C. The number of hydrogen-bond acceptors (Lipinski definition) is 4. The largest absolute Gasteiger partial charge is 0.480 e. The molecule has 0 aromatic heterocycles. The number of hydrogen-bond donors (Lipinski definition) is 1. The highest BCUT2D eigenvalue weighted by molar-refractivity contribution is 5.87. The van der Waals surface area contributed by atoms with Crippen LogP contribution in [-0.4, -0.2) is 81.8 Å². The number of rotatable bonds is 4. The van der Waals surface area contributed by atoms with Crippen molar-refractivity contribution in [1.82, 2.24) is 14.7 Å². The fraction of sp³-hybridized carbons (Fsp3) is 0.737. The van der Waals surface area contributed by atoms with Crippen molar-refractivity contribution in [3.05, 3.63) is 12.7 Å². The Balaban J connectivity index is 2.06. The Morgan fingerprint density at radius 3 is 2.26 bits per heavy atom. The molecule has 2 saturated heterocycles. The third-order valence-electron chi connectivity index (χ3n) is 5.89. The molecule has 2 aliphatic rings. The van der Waals surface area contributed by atoms with Gasteiger partial charge < -0.3 is 24.5 Å². The van der Waals surface area contributed by atoms with Crippen LogP contribution in [0.3, 0.4) is 0 Å². The topological polar surface area (TPSA) is 90.4 Å². The molecule has 0 saturated carbocycles. The minimum atomic E-state index is -1.01. The number of likely N-dealkylation sites (N-methyl/N-ethyl adjacent to an activating group) is 1. The van der Waals surface area contributed by atoms with Crippen molar-refractivity contribution in [3.8, 4) is 0 Å². The van der Waals surface area contributed by atoms with E-state index in [2.05, 4.69) is 6.58 Å². The zero-order valence-corrected chi connectivity index (χ0v) is 16.8. The number of urea groups is 1. The van der Waals surface area contributed by atoms with Gasteiger partial charge in [-0.1, -0.05) is 20.4 Å². The first kappa shape index (κ1) is 21.2. The lowest BCUT2D eigenvalue weighted by atomic mass is 9.85. The fourth-order valence-corrected chi connectivity index (χ4v) is 4.39. The van der Waals surface area contributed by atoms with E-state index in [1.165, 1.54) is 18.0 Å². The number of ether oxygens (including phenoxy) is 1. The van der Waals surface area contributed by atoms with Gasteiger partial charge in [0.1, 0.15) is 12.3 Å². The van der Waals surface area contributed by atoms with E-state index in [4.69, 9.17) is 4.74 Å². The summed E-state index contributed by atoms with van der Waals surface area (Å²) in [6, 6.07) is -1.27. The lowest BCUT2D eigenvalue weighted by molar-refractivity contribution is -0.143. The van der Waals surface area contributed by atoms with E-state index in [-0.39, 0.29) is 30.1 Å². The molecule has 2 fully saturated rings. The van der Waals surface area contributed by atoms with Crippen molar-refractivity contribution in [2.45, 2.75) is 64.4 Å². The van der Waals surface area contributed by atoms with E-state index in [0.717, 1.165) is 0 Å². The summed E-state index contributed by atoms with van der Waals surface area (Å²) in [6.45, 7) is 11.9. The van der Waals surface area contributed by atoms with Crippen molar-refractivity contribution in [1.29, 1.82) is 0 Å². The zero-order valence-electron chi connectivity index (χ0n) is 16.8. The first-order chi connectivity index (χ1) is 12.6. The van der Waals surface area contributed by atoms with Crippen molar-refractivity contribution in [2.75, 3.05) is 20.1 Å². The first-order valence-electron chi connectivity index (χ1n) is 9.43. The summed E-state index contributed by atoms with van der Waals surface area (Å²) in [7, 11) is 1.53. The van der Waals surface area contributed by atoms with Crippen LogP contribution < -0.4 is 0 Å². The summed E-state index contributed by atoms with van der Waals surface area (Å²) in [5, 5.41) is 9.42. The fourth-order valence-electron chi connectivity index (χ4n) is 4.39. The van der Waals surface area contributed by atoms with E-state index in [9.17, 15) is 19.5 Å². The summed E-state index contributed by atoms with van der Waals surface area (Å²) in [5.74, 6) is -1.36. The van der Waals surface area contributed by atoms with Gasteiger partial charge in [-0.05, 0) is 38.7 Å². The highest BCUT2D eigenvalue weighted by Gasteiger charge is 2.52. The molecule has 0 unspecified atom stereocenters.